The van der Waals surface area contributed by atoms with Gasteiger partial charge >= 0.3 is 0 Å². The predicted molar refractivity (Wildman–Crippen MR) is 61.7 cm³/mol. The third-order valence-electron chi connectivity index (χ3n) is 3.06. The second kappa shape index (κ2) is 3.72. The first-order valence-electron chi connectivity index (χ1n) is 5.31. The molecule has 2 rings (SSSR count). The summed E-state index contributed by atoms with van der Waals surface area (Å²) in [6, 6.07) is 6.49. The third-order valence-corrected chi connectivity index (χ3v) is 3.06. The van der Waals surface area contributed by atoms with Gasteiger partial charge in [-0.15, -0.1) is 6.42 Å². The van der Waals surface area contributed by atoms with E-state index in [4.69, 9.17) is 11.2 Å². The van der Waals surface area contributed by atoms with Crippen LogP contribution in [0, 0.1) is 12.3 Å². The van der Waals surface area contributed by atoms with Crippen molar-refractivity contribution in [2.75, 3.05) is 6.61 Å². The van der Waals surface area contributed by atoms with Gasteiger partial charge in [0.15, 0.2) is 0 Å². The molecule has 0 aliphatic carbocycles. The maximum Gasteiger partial charge on any atom is 0.0719 e. The van der Waals surface area contributed by atoms with Crippen LogP contribution in [0.25, 0.3) is 0 Å². The highest BCUT2D eigenvalue weighted by molar-refractivity contribution is 5.39. The summed E-state index contributed by atoms with van der Waals surface area (Å²) < 4.78 is 5.41. The van der Waals surface area contributed by atoms with Gasteiger partial charge in [-0.3, -0.25) is 0 Å². The Labute approximate surface area is 91.5 Å². The summed E-state index contributed by atoms with van der Waals surface area (Å²) in [5.41, 5.74) is 3.75. The molecule has 0 aromatic heterocycles. The molecule has 1 nitrogen and oxygen atoms in total. The molecule has 0 unspecified atom stereocenters. The van der Waals surface area contributed by atoms with Crippen molar-refractivity contribution >= 4 is 0 Å². The van der Waals surface area contributed by atoms with E-state index in [1.54, 1.807) is 0 Å². The molecule has 1 aliphatic rings. The summed E-state index contributed by atoms with van der Waals surface area (Å²) in [6.07, 6.45) is 6.54. The Balaban J connectivity index is 2.41. The largest absolute Gasteiger partial charge is 0.376 e. The van der Waals surface area contributed by atoms with E-state index < -0.39 is 0 Å². The first-order chi connectivity index (χ1) is 7.13. The quantitative estimate of drug-likeness (QED) is 0.633. The lowest BCUT2D eigenvalue weighted by Gasteiger charge is -2.22. The van der Waals surface area contributed by atoms with Crippen molar-refractivity contribution in [2.24, 2.45) is 0 Å². The number of rotatable bonds is 1. The standard InChI is InChI=1S/C14H16O/c1-4-14(2,3)13-6-5-12-10-15-8-7-11(12)9-13/h1,5-6,9H,7-8,10H2,2-3H3. The van der Waals surface area contributed by atoms with E-state index in [-0.39, 0.29) is 5.41 Å². The predicted octanol–water partition coefficient (Wildman–Crippen LogP) is 2.67. The van der Waals surface area contributed by atoms with Gasteiger partial charge in [-0.2, -0.15) is 0 Å². The Bertz CT molecular complexity index is 410. The molecule has 1 heterocycles. The van der Waals surface area contributed by atoms with Crippen LogP contribution in [0.2, 0.25) is 0 Å². The van der Waals surface area contributed by atoms with Crippen LogP contribution in [0.5, 0.6) is 0 Å². The van der Waals surface area contributed by atoms with Crippen LogP contribution in [0.1, 0.15) is 30.5 Å². The summed E-state index contributed by atoms with van der Waals surface area (Å²) in [4.78, 5) is 0. The van der Waals surface area contributed by atoms with E-state index in [2.05, 4.69) is 38.0 Å². The van der Waals surface area contributed by atoms with Crippen molar-refractivity contribution in [3.8, 4) is 12.3 Å². The molecule has 1 aromatic carbocycles. The van der Waals surface area contributed by atoms with Gasteiger partial charge in [-0.05, 0) is 37.0 Å². The van der Waals surface area contributed by atoms with Crippen LogP contribution < -0.4 is 0 Å². The summed E-state index contributed by atoms with van der Waals surface area (Å²) in [7, 11) is 0. The minimum atomic E-state index is -0.173. The van der Waals surface area contributed by atoms with Crippen molar-refractivity contribution in [2.45, 2.75) is 32.3 Å². The van der Waals surface area contributed by atoms with Gasteiger partial charge in [0.2, 0.25) is 0 Å². The van der Waals surface area contributed by atoms with Gasteiger partial charge in [0.1, 0.15) is 0 Å². The van der Waals surface area contributed by atoms with Gasteiger partial charge in [0, 0.05) is 0 Å². The number of benzene rings is 1. The van der Waals surface area contributed by atoms with Gasteiger partial charge in [-0.1, -0.05) is 24.1 Å². The average molecular weight is 200 g/mol. The van der Waals surface area contributed by atoms with Crippen LogP contribution >= 0.6 is 0 Å². The van der Waals surface area contributed by atoms with Crippen molar-refractivity contribution in [3.05, 3.63) is 34.9 Å². The van der Waals surface area contributed by atoms with Crippen molar-refractivity contribution in [1.82, 2.24) is 0 Å². The average Bonchev–Trinajstić information content (AvgIpc) is 2.28. The van der Waals surface area contributed by atoms with Crippen LogP contribution in [0.15, 0.2) is 18.2 Å². The lowest BCUT2D eigenvalue weighted by molar-refractivity contribution is 0.110. The minimum Gasteiger partial charge on any atom is -0.376 e. The molecule has 1 aromatic rings. The van der Waals surface area contributed by atoms with E-state index in [0.717, 1.165) is 19.6 Å². The number of fused-ring (bicyclic) bond motifs is 1. The van der Waals surface area contributed by atoms with E-state index in [1.165, 1.54) is 16.7 Å². The molecule has 0 N–H and O–H groups in total. The molecule has 1 aliphatic heterocycles. The highest BCUT2D eigenvalue weighted by Crippen LogP contribution is 2.26. The lowest BCUT2D eigenvalue weighted by atomic mass is 9.83. The summed E-state index contributed by atoms with van der Waals surface area (Å²) in [6.45, 7) is 5.72. The molecule has 0 amide bonds. The molecule has 1 heteroatoms. The monoisotopic (exact) mass is 200 g/mol. The highest BCUT2D eigenvalue weighted by atomic mass is 16.5. The van der Waals surface area contributed by atoms with E-state index in [0.29, 0.717) is 0 Å². The van der Waals surface area contributed by atoms with Gasteiger partial charge < -0.3 is 4.74 Å². The van der Waals surface area contributed by atoms with Gasteiger partial charge in [0.25, 0.3) is 0 Å². The molecule has 78 valence electrons. The Morgan fingerprint density at radius 3 is 2.87 bits per heavy atom. The zero-order valence-corrected chi connectivity index (χ0v) is 9.34. The summed E-state index contributed by atoms with van der Waals surface area (Å²) >= 11 is 0. The van der Waals surface area contributed by atoms with Crippen LogP contribution in [0.3, 0.4) is 0 Å². The maximum absolute atomic E-state index is 5.54. The second-order valence-electron chi connectivity index (χ2n) is 4.56. The van der Waals surface area contributed by atoms with Crippen LogP contribution in [-0.2, 0) is 23.2 Å². The fraction of sp³-hybridized carbons (Fsp3) is 0.429. The molecular weight excluding hydrogens is 184 g/mol. The first-order valence-corrected chi connectivity index (χ1v) is 5.31. The SMILES string of the molecule is C#CC(C)(C)c1ccc2c(c1)CCOC2. The number of terminal acetylenes is 1. The fourth-order valence-corrected chi connectivity index (χ4v) is 1.84. The highest BCUT2D eigenvalue weighted by Gasteiger charge is 2.19. The molecule has 0 fully saturated rings. The van der Waals surface area contributed by atoms with E-state index >= 15 is 0 Å². The Morgan fingerprint density at radius 2 is 2.13 bits per heavy atom. The van der Waals surface area contributed by atoms with Gasteiger partial charge in [-0.25, -0.2) is 0 Å². The molecule has 0 saturated heterocycles. The van der Waals surface area contributed by atoms with Crippen LogP contribution in [-0.4, -0.2) is 6.61 Å². The molecular formula is C14H16O. The number of hydrogen-bond donors (Lipinski definition) is 0. The smallest absolute Gasteiger partial charge is 0.0719 e. The fourth-order valence-electron chi connectivity index (χ4n) is 1.84. The zero-order valence-electron chi connectivity index (χ0n) is 9.34. The topological polar surface area (TPSA) is 9.23 Å². The normalized spacial score (nSPS) is 15.5. The molecule has 0 bridgehead atoms. The Hall–Kier alpha value is -1.26. The second-order valence-corrected chi connectivity index (χ2v) is 4.56. The molecule has 15 heavy (non-hydrogen) atoms. The summed E-state index contributed by atoms with van der Waals surface area (Å²) in [5, 5.41) is 0. The Morgan fingerprint density at radius 1 is 1.33 bits per heavy atom. The van der Waals surface area contributed by atoms with Crippen molar-refractivity contribution in [3.63, 3.8) is 0 Å². The van der Waals surface area contributed by atoms with E-state index in [1.807, 2.05) is 0 Å². The molecule has 0 saturated carbocycles. The van der Waals surface area contributed by atoms with Gasteiger partial charge in [0.05, 0.1) is 18.6 Å². The number of ether oxygens (including phenoxy) is 1. The lowest BCUT2D eigenvalue weighted by Crippen LogP contribution is -2.16. The zero-order chi connectivity index (χ0) is 10.9. The van der Waals surface area contributed by atoms with Crippen molar-refractivity contribution in [1.29, 1.82) is 0 Å². The molecule has 0 radical (unpaired) electrons. The minimum absolute atomic E-state index is 0.173. The first kappa shape index (κ1) is 10.3. The maximum atomic E-state index is 5.54. The Kier molecular flexibility index (Phi) is 2.54. The van der Waals surface area contributed by atoms with E-state index in [9.17, 15) is 0 Å². The van der Waals surface area contributed by atoms with Crippen molar-refractivity contribution < 1.29 is 4.74 Å². The third kappa shape index (κ3) is 1.91. The van der Waals surface area contributed by atoms with Crippen LogP contribution in [0.4, 0.5) is 0 Å². The number of hydrogen-bond acceptors (Lipinski definition) is 1. The molecule has 0 atom stereocenters. The summed E-state index contributed by atoms with van der Waals surface area (Å²) in [5.74, 6) is 2.83. The molecule has 0 spiro atoms.